The first-order valence-electron chi connectivity index (χ1n) is 7.19. The summed E-state index contributed by atoms with van der Waals surface area (Å²) in [5.74, 6) is 2.34. The van der Waals surface area contributed by atoms with Crippen molar-refractivity contribution in [2.24, 2.45) is 17.8 Å². The summed E-state index contributed by atoms with van der Waals surface area (Å²) in [5, 5.41) is 3.79. The summed E-state index contributed by atoms with van der Waals surface area (Å²) in [6.07, 6.45) is 3.99. The molecule has 2 rings (SSSR count). The number of anilines is 1. The topological polar surface area (TPSA) is 12.0 Å². The molecule has 3 heteroatoms. The van der Waals surface area contributed by atoms with E-state index in [-0.39, 0.29) is 0 Å². The van der Waals surface area contributed by atoms with Gasteiger partial charge in [0, 0.05) is 15.0 Å². The zero-order chi connectivity index (χ0) is 14.0. The van der Waals surface area contributed by atoms with Crippen LogP contribution >= 0.6 is 31.9 Å². The summed E-state index contributed by atoms with van der Waals surface area (Å²) in [6, 6.07) is 6.84. The van der Waals surface area contributed by atoms with Gasteiger partial charge in [-0.15, -0.1) is 0 Å². The van der Waals surface area contributed by atoms with Crippen molar-refractivity contribution >= 4 is 37.5 Å². The van der Waals surface area contributed by atoms with Crippen LogP contribution in [0.2, 0.25) is 0 Å². The first-order valence-corrected chi connectivity index (χ1v) is 8.78. The summed E-state index contributed by atoms with van der Waals surface area (Å²) in [5.41, 5.74) is 1.20. The third-order valence-corrected chi connectivity index (χ3v) is 5.64. The van der Waals surface area contributed by atoms with Crippen LogP contribution in [0.3, 0.4) is 0 Å². The quantitative estimate of drug-likeness (QED) is 0.660. The van der Waals surface area contributed by atoms with Crippen LogP contribution in [-0.4, -0.2) is 6.04 Å². The summed E-state index contributed by atoms with van der Waals surface area (Å²) < 4.78 is 2.28. The Bertz CT molecular complexity index is 411. The van der Waals surface area contributed by atoms with E-state index in [2.05, 4.69) is 76.1 Å². The van der Waals surface area contributed by atoms with Crippen molar-refractivity contribution in [3.63, 3.8) is 0 Å². The van der Waals surface area contributed by atoms with E-state index in [9.17, 15) is 0 Å². The van der Waals surface area contributed by atoms with Crippen LogP contribution in [0.5, 0.6) is 0 Å². The lowest BCUT2D eigenvalue weighted by Gasteiger charge is -2.38. The molecule has 3 unspecified atom stereocenters. The molecule has 0 saturated heterocycles. The van der Waals surface area contributed by atoms with Gasteiger partial charge in [-0.3, -0.25) is 0 Å². The minimum atomic E-state index is 0.582. The third kappa shape index (κ3) is 3.75. The number of para-hydroxylation sites is 1. The van der Waals surface area contributed by atoms with E-state index >= 15 is 0 Å². The lowest BCUT2D eigenvalue weighted by molar-refractivity contribution is 0.212. The van der Waals surface area contributed by atoms with Crippen LogP contribution in [-0.2, 0) is 0 Å². The van der Waals surface area contributed by atoms with E-state index in [4.69, 9.17) is 0 Å². The molecule has 1 fully saturated rings. The number of halogens is 2. The van der Waals surface area contributed by atoms with E-state index in [1.54, 1.807) is 0 Å². The molecule has 106 valence electrons. The Hall–Kier alpha value is -0.0200. The first kappa shape index (κ1) is 15.4. The predicted molar refractivity (Wildman–Crippen MR) is 90.6 cm³/mol. The number of benzene rings is 1. The molecule has 3 atom stereocenters. The maximum atomic E-state index is 3.79. The molecule has 0 amide bonds. The molecular formula is C16H23Br2N. The molecule has 1 aliphatic carbocycles. The smallest absolute Gasteiger partial charge is 0.0631 e. The minimum absolute atomic E-state index is 0.582. The second-order valence-electron chi connectivity index (χ2n) is 6.17. The molecule has 1 saturated carbocycles. The van der Waals surface area contributed by atoms with Crippen molar-refractivity contribution in [2.45, 2.75) is 46.1 Å². The van der Waals surface area contributed by atoms with Crippen molar-refractivity contribution in [3.8, 4) is 0 Å². The molecule has 0 aliphatic heterocycles. The SMILES string of the molecule is CC1CCC(C(C)C)C(Nc2c(Br)cccc2Br)C1. The predicted octanol–water partition coefficient (Wildman–Crippen LogP) is 6.08. The molecule has 1 aliphatic rings. The molecule has 1 N–H and O–H groups in total. The van der Waals surface area contributed by atoms with Crippen molar-refractivity contribution in [1.29, 1.82) is 0 Å². The Kier molecular flexibility index (Phi) is 5.36. The highest BCUT2D eigenvalue weighted by Crippen LogP contribution is 2.38. The Morgan fingerprint density at radius 3 is 2.37 bits per heavy atom. The fourth-order valence-corrected chi connectivity index (χ4v) is 4.42. The van der Waals surface area contributed by atoms with Gasteiger partial charge in [0.25, 0.3) is 0 Å². The maximum absolute atomic E-state index is 3.79. The average Bonchev–Trinajstić information content (AvgIpc) is 2.33. The second-order valence-corrected chi connectivity index (χ2v) is 7.88. The van der Waals surface area contributed by atoms with Gasteiger partial charge in [-0.05, 0) is 74.6 Å². The molecular weight excluding hydrogens is 366 g/mol. The van der Waals surface area contributed by atoms with Crippen LogP contribution in [0.15, 0.2) is 27.1 Å². The fourth-order valence-electron chi connectivity index (χ4n) is 3.19. The van der Waals surface area contributed by atoms with Gasteiger partial charge in [-0.25, -0.2) is 0 Å². The van der Waals surface area contributed by atoms with Gasteiger partial charge in [-0.1, -0.05) is 33.3 Å². The van der Waals surface area contributed by atoms with Gasteiger partial charge >= 0.3 is 0 Å². The van der Waals surface area contributed by atoms with Crippen LogP contribution in [0, 0.1) is 17.8 Å². The Morgan fingerprint density at radius 2 is 1.79 bits per heavy atom. The molecule has 0 aromatic heterocycles. The molecule has 0 bridgehead atoms. The van der Waals surface area contributed by atoms with E-state index < -0.39 is 0 Å². The molecule has 0 spiro atoms. The molecule has 19 heavy (non-hydrogen) atoms. The minimum Gasteiger partial charge on any atom is -0.380 e. The summed E-state index contributed by atoms with van der Waals surface area (Å²) in [6.45, 7) is 7.08. The standard InChI is InChI=1S/C16H23Br2N/c1-10(2)12-8-7-11(3)9-15(12)19-16-13(17)5-4-6-14(16)18/h4-6,10-12,15,19H,7-9H2,1-3H3. The molecule has 1 aromatic rings. The molecule has 1 aromatic carbocycles. The van der Waals surface area contributed by atoms with E-state index in [0.717, 1.165) is 26.7 Å². The number of hydrogen-bond acceptors (Lipinski definition) is 1. The third-order valence-electron chi connectivity index (χ3n) is 4.31. The highest BCUT2D eigenvalue weighted by atomic mass is 79.9. The van der Waals surface area contributed by atoms with E-state index in [1.807, 2.05) is 0 Å². The van der Waals surface area contributed by atoms with E-state index in [1.165, 1.54) is 24.9 Å². The van der Waals surface area contributed by atoms with Gasteiger partial charge in [0.15, 0.2) is 0 Å². The average molecular weight is 389 g/mol. The first-order chi connectivity index (χ1) is 8.99. The van der Waals surface area contributed by atoms with Gasteiger partial charge in [0.05, 0.1) is 5.69 Å². The second kappa shape index (κ2) is 6.62. The highest BCUT2D eigenvalue weighted by Gasteiger charge is 2.31. The largest absolute Gasteiger partial charge is 0.380 e. The Morgan fingerprint density at radius 1 is 1.16 bits per heavy atom. The lowest BCUT2D eigenvalue weighted by atomic mass is 9.74. The van der Waals surface area contributed by atoms with Crippen molar-refractivity contribution in [3.05, 3.63) is 27.1 Å². The van der Waals surface area contributed by atoms with E-state index in [0.29, 0.717) is 6.04 Å². The fraction of sp³-hybridized carbons (Fsp3) is 0.625. The van der Waals surface area contributed by atoms with Crippen molar-refractivity contribution in [2.75, 3.05) is 5.32 Å². The summed E-state index contributed by atoms with van der Waals surface area (Å²) >= 11 is 7.31. The van der Waals surface area contributed by atoms with Gasteiger partial charge in [0.1, 0.15) is 0 Å². The van der Waals surface area contributed by atoms with Crippen molar-refractivity contribution < 1.29 is 0 Å². The van der Waals surface area contributed by atoms with Crippen molar-refractivity contribution in [1.82, 2.24) is 0 Å². The number of nitrogens with one attached hydrogen (secondary N) is 1. The van der Waals surface area contributed by atoms with Crippen LogP contribution in [0.4, 0.5) is 5.69 Å². The highest BCUT2D eigenvalue weighted by molar-refractivity contribution is 9.11. The Balaban J connectivity index is 2.19. The molecule has 0 radical (unpaired) electrons. The number of rotatable bonds is 3. The summed E-state index contributed by atoms with van der Waals surface area (Å²) in [4.78, 5) is 0. The zero-order valence-electron chi connectivity index (χ0n) is 11.9. The normalized spacial score (nSPS) is 27.6. The van der Waals surface area contributed by atoms with Gasteiger partial charge < -0.3 is 5.32 Å². The van der Waals surface area contributed by atoms with Gasteiger partial charge in [0.2, 0.25) is 0 Å². The lowest BCUT2D eigenvalue weighted by Crippen LogP contribution is -2.38. The maximum Gasteiger partial charge on any atom is 0.0631 e. The van der Waals surface area contributed by atoms with Gasteiger partial charge in [-0.2, -0.15) is 0 Å². The Labute approximate surface area is 133 Å². The number of hydrogen-bond donors (Lipinski definition) is 1. The van der Waals surface area contributed by atoms with Crippen LogP contribution in [0.1, 0.15) is 40.0 Å². The monoisotopic (exact) mass is 387 g/mol. The summed E-state index contributed by atoms with van der Waals surface area (Å²) in [7, 11) is 0. The molecule has 0 heterocycles. The van der Waals surface area contributed by atoms with Crippen LogP contribution in [0.25, 0.3) is 0 Å². The molecule has 1 nitrogen and oxygen atoms in total. The zero-order valence-corrected chi connectivity index (χ0v) is 15.1. The van der Waals surface area contributed by atoms with Crippen LogP contribution < -0.4 is 5.32 Å².